The first-order valence-electron chi connectivity index (χ1n) is 9.31. The third-order valence-corrected chi connectivity index (χ3v) is 6.21. The second-order valence-electron chi connectivity index (χ2n) is 7.50. The first kappa shape index (κ1) is 16.7. The van der Waals surface area contributed by atoms with E-state index in [4.69, 9.17) is 9.47 Å². The first-order valence-corrected chi connectivity index (χ1v) is 9.31. The Hall–Kier alpha value is -1.72. The van der Waals surface area contributed by atoms with E-state index in [0.29, 0.717) is 0 Å². The highest BCUT2D eigenvalue weighted by Gasteiger charge is 2.46. The molecule has 2 heterocycles. The van der Waals surface area contributed by atoms with Crippen molar-refractivity contribution in [3.8, 4) is 0 Å². The molecule has 1 aromatic carbocycles. The van der Waals surface area contributed by atoms with Crippen LogP contribution in [0.4, 0.5) is 0 Å². The molecule has 1 aromatic heterocycles. The number of ether oxygens (including phenoxy) is 2. The molecule has 1 saturated heterocycles. The Labute approximate surface area is 149 Å². The quantitative estimate of drug-likeness (QED) is 0.856. The lowest BCUT2D eigenvalue weighted by Crippen LogP contribution is -2.42. The number of hydrogen-bond donors (Lipinski definition) is 0. The van der Waals surface area contributed by atoms with Crippen molar-refractivity contribution in [2.24, 2.45) is 7.05 Å². The van der Waals surface area contributed by atoms with Crippen molar-refractivity contribution in [1.82, 2.24) is 15.0 Å². The SMILES string of the molecule is Cc1c(CCC2(c3ccccc3)CCC3(CC2)OCCO3)nnn1C. The fourth-order valence-electron chi connectivity index (χ4n) is 4.41. The highest BCUT2D eigenvalue weighted by molar-refractivity contribution is 5.27. The zero-order valence-corrected chi connectivity index (χ0v) is 15.2. The molecule has 0 unspecified atom stereocenters. The smallest absolute Gasteiger partial charge is 0.168 e. The summed E-state index contributed by atoms with van der Waals surface area (Å²) in [6, 6.07) is 10.9. The van der Waals surface area contributed by atoms with Gasteiger partial charge in [-0.3, -0.25) is 4.68 Å². The molecule has 25 heavy (non-hydrogen) atoms. The van der Waals surface area contributed by atoms with E-state index in [1.165, 1.54) is 5.56 Å². The van der Waals surface area contributed by atoms with Gasteiger partial charge >= 0.3 is 0 Å². The largest absolute Gasteiger partial charge is 0.348 e. The minimum atomic E-state index is -0.319. The molecule has 0 bridgehead atoms. The predicted molar refractivity (Wildman–Crippen MR) is 95.3 cm³/mol. The molecule has 5 heteroatoms. The van der Waals surface area contributed by atoms with E-state index in [2.05, 4.69) is 47.6 Å². The molecule has 2 fully saturated rings. The van der Waals surface area contributed by atoms with Crippen molar-refractivity contribution in [2.75, 3.05) is 13.2 Å². The van der Waals surface area contributed by atoms with Crippen LogP contribution < -0.4 is 0 Å². The normalized spacial score (nSPS) is 21.7. The van der Waals surface area contributed by atoms with Gasteiger partial charge in [0.2, 0.25) is 0 Å². The molecule has 2 aromatic rings. The van der Waals surface area contributed by atoms with E-state index >= 15 is 0 Å². The van der Waals surface area contributed by atoms with Gasteiger partial charge in [0.05, 0.1) is 24.6 Å². The summed E-state index contributed by atoms with van der Waals surface area (Å²) in [5.74, 6) is -0.319. The fourth-order valence-corrected chi connectivity index (χ4v) is 4.41. The minimum absolute atomic E-state index is 0.172. The Kier molecular flexibility index (Phi) is 4.38. The lowest BCUT2D eigenvalue weighted by Gasteiger charge is -2.44. The van der Waals surface area contributed by atoms with Crippen molar-refractivity contribution in [1.29, 1.82) is 0 Å². The molecule has 1 aliphatic carbocycles. The monoisotopic (exact) mass is 341 g/mol. The molecular formula is C20H27N3O2. The Bertz CT molecular complexity index is 710. The van der Waals surface area contributed by atoms with Crippen LogP contribution in [-0.4, -0.2) is 34.0 Å². The molecule has 2 aliphatic rings. The van der Waals surface area contributed by atoms with Crippen LogP contribution in [0.1, 0.15) is 49.1 Å². The number of nitrogens with zero attached hydrogens (tertiary/aromatic N) is 3. The van der Waals surface area contributed by atoms with Gasteiger partial charge in [0.15, 0.2) is 5.79 Å². The summed E-state index contributed by atoms with van der Waals surface area (Å²) in [7, 11) is 1.96. The van der Waals surface area contributed by atoms with Gasteiger partial charge in [-0.05, 0) is 43.6 Å². The molecule has 0 amide bonds. The molecule has 1 spiro atoms. The summed E-state index contributed by atoms with van der Waals surface area (Å²) < 4.78 is 13.8. The van der Waals surface area contributed by atoms with Gasteiger partial charge in [-0.15, -0.1) is 5.10 Å². The molecular weight excluding hydrogens is 314 g/mol. The highest BCUT2D eigenvalue weighted by Crippen LogP contribution is 2.48. The molecule has 0 radical (unpaired) electrons. The summed E-state index contributed by atoms with van der Waals surface area (Å²) in [5.41, 5.74) is 3.89. The van der Waals surface area contributed by atoms with E-state index < -0.39 is 0 Å². The topological polar surface area (TPSA) is 49.2 Å². The summed E-state index contributed by atoms with van der Waals surface area (Å²) in [4.78, 5) is 0. The van der Waals surface area contributed by atoms with E-state index in [-0.39, 0.29) is 11.2 Å². The first-order chi connectivity index (χ1) is 12.1. The van der Waals surface area contributed by atoms with Crippen LogP contribution in [0.2, 0.25) is 0 Å². The van der Waals surface area contributed by atoms with Crippen LogP contribution in [0, 0.1) is 6.92 Å². The molecule has 5 nitrogen and oxygen atoms in total. The van der Waals surface area contributed by atoms with Crippen LogP contribution >= 0.6 is 0 Å². The van der Waals surface area contributed by atoms with E-state index in [1.807, 2.05) is 11.7 Å². The lowest BCUT2D eigenvalue weighted by atomic mass is 9.65. The summed E-state index contributed by atoms with van der Waals surface area (Å²) in [5, 5.41) is 8.52. The third kappa shape index (κ3) is 3.11. The molecule has 1 saturated carbocycles. The second kappa shape index (κ2) is 6.54. The second-order valence-corrected chi connectivity index (χ2v) is 7.50. The Morgan fingerprint density at radius 1 is 1.04 bits per heavy atom. The number of benzene rings is 1. The average molecular weight is 341 g/mol. The van der Waals surface area contributed by atoms with E-state index in [9.17, 15) is 0 Å². The van der Waals surface area contributed by atoms with Crippen LogP contribution in [0.3, 0.4) is 0 Å². The molecule has 1 aliphatic heterocycles. The average Bonchev–Trinajstić information content (AvgIpc) is 3.24. The van der Waals surface area contributed by atoms with Gasteiger partial charge in [0, 0.05) is 19.9 Å². The van der Waals surface area contributed by atoms with Gasteiger partial charge in [0.25, 0.3) is 0 Å². The van der Waals surface area contributed by atoms with Crippen LogP contribution in [0.5, 0.6) is 0 Å². The highest BCUT2D eigenvalue weighted by atomic mass is 16.7. The Morgan fingerprint density at radius 3 is 2.32 bits per heavy atom. The summed E-state index contributed by atoms with van der Waals surface area (Å²) in [6.07, 6.45) is 6.19. The van der Waals surface area contributed by atoms with Crippen molar-refractivity contribution in [2.45, 2.75) is 56.7 Å². The van der Waals surface area contributed by atoms with Crippen LogP contribution in [0.25, 0.3) is 0 Å². The van der Waals surface area contributed by atoms with Gasteiger partial charge in [-0.2, -0.15) is 0 Å². The van der Waals surface area contributed by atoms with Crippen molar-refractivity contribution in [3.63, 3.8) is 0 Å². The maximum absolute atomic E-state index is 5.95. The van der Waals surface area contributed by atoms with Gasteiger partial charge in [-0.1, -0.05) is 35.5 Å². The Morgan fingerprint density at radius 2 is 1.72 bits per heavy atom. The van der Waals surface area contributed by atoms with E-state index in [1.54, 1.807) is 0 Å². The molecule has 4 rings (SSSR count). The summed E-state index contributed by atoms with van der Waals surface area (Å²) >= 11 is 0. The third-order valence-electron chi connectivity index (χ3n) is 6.21. The number of rotatable bonds is 4. The van der Waals surface area contributed by atoms with Gasteiger partial charge in [-0.25, -0.2) is 0 Å². The molecule has 0 atom stereocenters. The van der Waals surface area contributed by atoms with Crippen molar-refractivity contribution in [3.05, 3.63) is 47.3 Å². The fraction of sp³-hybridized carbons (Fsp3) is 0.600. The van der Waals surface area contributed by atoms with Crippen LogP contribution in [0.15, 0.2) is 30.3 Å². The number of aromatic nitrogens is 3. The zero-order valence-electron chi connectivity index (χ0n) is 15.2. The number of hydrogen-bond acceptors (Lipinski definition) is 4. The number of aryl methyl sites for hydroxylation is 2. The van der Waals surface area contributed by atoms with Gasteiger partial charge < -0.3 is 9.47 Å². The minimum Gasteiger partial charge on any atom is -0.348 e. The Balaban J connectivity index is 1.56. The van der Waals surface area contributed by atoms with Crippen molar-refractivity contribution < 1.29 is 9.47 Å². The lowest BCUT2D eigenvalue weighted by molar-refractivity contribution is -0.185. The zero-order chi connectivity index (χ0) is 17.3. The maximum atomic E-state index is 5.95. The molecule has 134 valence electrons. The maximum Gasteiger partial charge on any atom is 0.168 e. The standard InChI is InChI=1S/C20H27N3O2/c1-16-18(21-22-23(16)2)8-9-19(17-6-4-3-5-7-17)10-12-20(13-11-19)24-14-15-25-20/h3-7H,8-15H2,1-2H3. The van der Waals surface area contributed by atoms with Crippen LogP contribution in [-0.2, 0) is 28.4 Å². The molecule has 0 N–H and O–H groups in total. The predicted octanol–water partition coefficient (Wildman–Crippen LogP) is 3.31. The summed E-state index contributed by atoms with van der Waals surface area (Å²) in [6.45, 7) is 3.56. The van der Waals surface area contributed by atoms with Crippen molar-refractivity contribution >= 4 is 0 Å². The van der Waals surface area contributed by atoms with Gasteiger partial charge in [0.1, 0.15) is 0 Å². The van der Waals surface area contributed by atoms with E-state index in [0.717, 1.165) is 63.1 Å².